The zero-order valence-corrected chi connectivity index (χ0v) is 11.8. The zero-order chi connectivity index (χ0) is 14.1. The highest BCUT2D eigenvalue weighted by molar-refractivity contribution is 5.69. The molecule has 0 unspecified atom stereocenters. The number of carbonyl (C=O) groups excluding carboxylic acids is 1. The van der Waals surface area contributed by atoms with Gasteiger partial charge in [0.25, 0.3) is 0 Å². The second-order valence-corrected chi connectivity index (χ2v) is 4.73. The molecule has 0 saturated heterocycles. The first-order chi connectivity index (χ1) is 9.11. The molecule has 0 atom stereocenters. The number of rotatable bonds is 8. The SMILES string of the molecule is COc1cccc(COC(=O)CCOCC(C)C)c1. The molecule has 0 aliphatic heterocycles. The van der Waals surface area contributed by atoms with Gasteiger partial charge in [0, 0.05) is 6.61 Å². The van der Waals surface area contributed by atoms with E-state index in [0.717, 1.165) is 11.3 Å². The first-order valence-corrected chi connectivity index (χ1v) is 6.48. The van der Waals surface area contributed by atoms with Crippen LogP contribution < -0.4 is 4.74 Å². The molecule has 0 aliphatic carbocycles. The van der Waals surface area contributed by atoms with Gasteiger partial charge in [0.1, 0.15) is 12.4 Å². The molecule has 0 amide bonds. The van der Waals surface area contributed by atoms with Crippen molar-refractivity contribution in [1.82, 2.24) is 0 Å². The minimum atomic E-state index is -0.244. The fourth-order valence-corrected chi connectivity index (χ4v) is 1.47. The summed E-state index contributed by atoms with van der Waals surface area (Å²) in [5, 5.41) is 0. The molecule has 106 valence electrons. The Morgan fingerprint density at radius 3 is 2.79 bits per heavy atom. The highest BCUT2D eigenvalue weighted by Gasteiger charge is 2.04. The summed E-state index contributed by atoms with van der Waals surface area (Å²) in [7, 11) is 1.61. The molecule has 0 spiro atoms. The average Bonchev–Trinajstić information content (AvgIpc) is 2.41. The maximum atomic E-state index is 11.5. The van der Waals surface area contributed by atoms with Crippen LogP contribution in [0.2, 0.25) is 0 Å². The molecule has 4 heteroatoms. The Morgan fingerprint density at radius 1 is 1.32 bits per heavy atom. The van der Waals surface area contributed by atoms with Crippen LogP contribution in [-0.2, 0) is 20.9 Å². The van der Waals surface area contributed by atoms with E-state index in [2.05, 4.69) is 13.8 Å². The minimum absolute atomic E-state index is 0.244. The monoisotopic (exact) mass is 266 g/mol. The molecule has 0 N–H and O–H groups in total. The predicted octanol–water partition coefficient (Wildman–Crippen LogP) is 2.80. The van der Waals surface area contributed by atoms with Crippen molar-refractivity contribution in [2.24, 2.45) is 5.92 Å². The average molecular weight is 266 g/mol. The molecule has 0 fully saturated rings. The summed E-state index contributed by atoms with van der Waals surface area (Å²) in [6.07, 6.45) is 0.288. The van der Waals surface area contributed by atoms with Crippen LogP contribution in [0.15, 0.2) is 24.3 Å². The Kier molecular flexibility index (Phi) is 6.97. The van der Waals surface area contributed by atoms with Crippen LogP contribution in [0, 0.1) is 5.92 Å². The molecule has 19 heavy (non-hydrogen) atoms. The lowest BCUT2D eigenvalue weighted by atomic mass is 10.2. The summed E-state index contributed by atoms with van der Waals surface area (Å²) in [6.45, 7) is 5.49. The maximum Gasteiger partial charge on any atom is 0.308 e. The normalized spacial score (nSPS) is 10.5. The highest BCUT2D eigenvalue weighted by atomic mass is 16.5. The Bertz CT molecular complexity index is 387. The van der Waals surface area contributed by atoms with Crippen LogP contribution in [0.25, 0.3) is 0 Å². The molecule has 0 bridgehead atoms. The summed E-state index contributed by atoms with van der Waals surface area (Å²) in [5.41, 5.74) is 0.913. The van der Waals surface area contributed by atoms with Crippen LogP contribution in [0.4, 0.5) is 0 Å². The molecule has 0 saturated carbocycles. The van der Waals surface area contributed by atoms with Crippen molar-refractivity contribution < 1.29 is 19.0 Å². The largest absolute Gasteiger partial charge is 0.497 e. The van der Waals surface area contributed by atoms with E-state index >= 15 is 0 Å². The summed E-state index contributed by atoms with van der Waals surface area (Å²) in [5.74, 6) is 0.994. The van der Waals surface area contributed by atoms with Crippen LogP contribution in [0.5, 0.6) is 5.75 Å². The van der Waals surface area contributed by atoms with Gasteiger partial charge in [0.15, 0.2) is 0 Å². The van der Waals surface area contributed by atoms with Crippen molar-refractivity contribution in [3.8, 4) is 5.75 Å². The third kappa shape index (κ3) is 6.82. The van der Waals surface area contributed by atoms with Crippen LogP contribution in [-0.4, -0.2) is 26.3 Å². The molecule has 1 rings (SSSR count). The van der Waals surface area contributed by atoms with Gasteiger partial charge in [-0.15, -0.1) is 0 Å². The van der Waals surface area contributed by atoms with E-state index in [-0.39, 0.29) is 19.0 Å². The van der Waals surface area contributed by atoms with Crippen LogP contribution in [0.3, 0.4) is 0 Å². The van der Waals surface area contributed by atoms with Gasteiger partial charge in [-0.2, -0.15) is 0 Å². The van der Waals surface area contributed by atoms with E-state index in [1.807, 2.05) is 24.3 Å². The van der Waals surface area contributed by atoms with Gasteiger partial charge in [-0.3, -0.25) is 4.79 Å². The van der Waals surface area contributed by atoms with Crippen LogP contribution in [0.1, 0.15) is 25.8 Å². The molecule has 1 aromatic carbocycles. The number of carbonyl (C=O) groups is 1. The van der Waals surface area contributed by atoms with Crippen molar-refractivity contribution in [3.63, 3.8) is 0 Å². The first kappa shape index (κ1) is 15.5. The zero-order valence-electron chi connectivity index (χ0n) is 11.8. The van der Waals surface area contributed by atoms with E-state index in [1.54, 1.807) is 7.11 Å². The number of methoxy groups -OCH3 is 1. The standard InChI is InChI=1S/C15H22O4/c1-12(2)10-18-8-7-15(16)19-11-13-5-4-6-14(9-13)17-3/h4-6,9,12H,7-8,10-11H2,1-3H3. The Labute approximate surface area is 114 Å². The predicted molar refractivity (Wildman–Crippen MR) is 73.1 cm³/mol. The smallest absolute Gasteiger partial charge is 0.308 e. The fraction of sp³-hybridized carbons (Fsp3) is 0.533. The Balaban J connectivity index is 2.22. The van der Waals surface area contributed by atoms with Crippen LogP contribution >= 0.6 is 0 Å². The first-order valence-electron chi connectivity index (χ1n) is 6.48. The van der Waals surface area contributed by atoms with Crippen molar-refractivity contribution >= 4 is 5.97 Å². The summed E-state index contributed by atoms with van der Waals surface area (Å²) in [4.78, 5) is 11.5. The fourth-order valence-electron chi connectivity index (χ4n) is 1.47. The third-order valence-corrected chi connectivity index (χ3v) is 2.44. The number of esters is 1. The van der Waals surface area contributed by atoms with Crippen molar-refractivity contribution in [2.75, 3.05) is 20.3 Å². The van der Waals surface area contributed by atoms with E-state index < -0.39 is 0 Å². The lowest BCUT2D eigenvalue weighted by molar-refractivity contribution is -0.146. The number of benzene rings is 1. The number of hydrogen-bond donors (Lipinski definition) is 0. The summed E-state index contributed by atoms with van der Waals surface area (Å²) in [6, 6.07) is 7.46. The number of ether oxygens (including phenoxy) is 3. The molecule has 0 aliphatic rings. The van der Waals surface area contributed by atoms with Gasteiger partial charge >= 0.3 is 5.97 Å². The quantitative estimate of drug-likeness (QED) is 0.536. The number of hydrogen-bond acceptors (Lipinski definition) is 4. The molecular formula is C15H22O4. The maximum absolute atomic E-state index is 11.5. The van der Waals surface area contributed by atoms with Crippen molar-refractivity contribution in [1.29, 1.82) is 0 Å². The van der Waals surface area contributed by atoms with E-state index in [4.69, 9.17) is 14.2 Å². The lowest BCUT2D eigenvalue weighted by Gasteiger charge is -2.08. The second-order valence-electron chi connectivity index (χ2n) is 4.73. The third-order valence-electron chi connectivity index (χ3n) is 2.44. The minimum Gasteiger partial charge on any atom is -0.497 e. The molecular weight excluding hydrogens is 244 g/mol. The molecule has 1 aromatic rings. The molecule has 0 radical (unpaired) electrons. The van der Waals surface area contributed by atoms with Gasteiger partial charge in [0.05, 0.1) is 20.1 Å². The topological polar surface area (TPSA) is 44.8 Å². The van der Waals surface area contributed by atoms with Gasteiger partial charge in [-0.25, -0.2) is 0 Å². The van der Waals surface area contributed by atoms with Crippen molar-refractivity contribution in [2.45, 2.75) is 26.9 Å². The van der Waals surface area contributed by atoms with Gasteiger partial charge in [-0.1, -0.05) is 26.0 Å². The van der Waals surface area contributed by atoms with Crippen molar-refractivity contribution in [3.05, 3.63) is 29.8 Å². The summed E-state index contributed by atoms with van der Waals surface area (Å²) >= 11 is 0. The van der Waals surface area contributed by atoms with Gasteiger partial charge < -0.3 is 14.2 Å². The second kappa shape index (κ2) is 8.53. The van der Waals surface area contributed by atoms with E-state index in [1.165, 1.54) is 0 Å². The highest BCUT2D eigenvalue weighted by Crippen LogP contribution is 2.13. The Hall–Kier alpha value is -1.55. The Morgan fingerprint density at radius 2 is 2.11 bits per heavy atom. The van der Waals surface area contributed by atoms with E-state index in [9.17, 15) is 4.79 Å². The molecule has 0 heterocycles. The summed E-state index contributed by atoms with van der Waals surface area (Å²) < 4.78 is 15.6. The molecule has 0 aromatic heterocycles. The van der Waals surface area contributed by atoms with E-state index in [0.29, 0.717) is 19.1 Å². The van der Waals surface area contributed by atoms with Gasteiger partial charge in [-0.05, 0) is 23.6 Å². The van der Waals surface area contributed by atoms with Gasteiger partial charge in [0.2, 0.25) is 0 Å². The molecule has 4 nitrogen and oxygen atoms in total. The lowest BCUT2D eigenvalue weighted by Crippen LogP contribution is -2.10.